The highest BCUT2D eigenvalue weighted by Crippen LogP contribution is 2.15. The quantitative estimate of drug-likeness (QED) is 0.197. The summed E-state index contributed by atoms with van der Waals surface area (Å²) in [4.78, 5) is 4.21. The lowest BCUT2D eigenvalue weighted by atomic mass is 10.1. The van der Waals surface area contributed by atoms with E-state index in [2.05, 4.69) is 34.7 Å². The van der Waals surface area contributed by atoms with Gasteiger partial charge in [0.1, 0.15) is 0 Å². The molecule has 7 heteroatoms. The first-order valence-electron chi connectivity index (χ1n) is 8.95. The molecule has 0 bridgehead atoms. The molecule has 1 aromatic rings. The van der Waals surface area contributed by atoms with Crippen LogP contribution >= 0.6 is 24.0 Å². The van der Waals surface area contributed by atoms with Gasteiger partial charge in [-0.1, -0.05) is 30.3 Å². The van der Waals surface area contributed by atoms with E-state index in [1.54, 1.807) is 14.2 Å². The molecule has 0 aromatic heterocycles. The summed E-state index contributed by atoms with van der Waals surface area (Å²) in [7, 11) is 3.45. The van der Waals surface area contributed by atoms with E-state index in [9.17, 15) is 0 Å². The highest BCUT2D eigenvalue weighted by atomic mass is 127. The van der Waals surface area contributed by atoms with Crippen LogP contribution in [0, 0.1) is 0 Å². The second-order valence-electron chi connectivity index (χ2n) is 5.66. The molecule has 2 N–H and O–H groups in total. The van der Waals surface area contributed by atoms with E-state index in [1.807, 2.05) is 18.2 Å². The van der Waals surface area contributed by atoms with Crippen LogP contribution < -0.4 is 10.6 Å². The highest BCUT2D eigenvalue weighted by molar-refractivity contribution is 14.0. The van der Waals surface area contributed by atoms with Crippen molar-refractivity contribution in [2.45, 2.75) is 25.9 Å². The lowest BCUT2D eigenvalue weighted by molar-refractivity contribution is 0.0646. The molecule has 1 unspecified atom stereocenters. The van der Waals surface area contributed by atoms with E-state index in [1.165, 1.54) is 5.56 Å². The van der Waals surface area contributed by atoms with Crippen molar-refractivity contribution < 1.29 is 14.2 Å². The standard InChI is InChI=1S/C19H33N3O3.HI/c1-17(18-9-5-4-6-10-18)25-14-8-12-22-19(20-2)21-11-7-13-24-16-15-23-3;/h4-6,9-10,17H,7-8,11-16H2,1-3H3,(H2,20,21,22);1H. The van der Waals surface area contributed by atoms with Gasteiger partial charge in [-0.05, 0) is 25.3 Å². The highest BCUT2D eigenvalue weighted by Gasteiger charge is 2.04. The van der Waals surface area contributed by atoms with Crippen molar-refractivity contribution in [2.75, 3.05) is 53.7 Å². The van der Waals surface area contributed by atoms with Gasteiger partial charge in [-0.3, -0.25) is 4.99 Å². The van der Waals surface area contributed by atoms with Gasteiger partial charge in [-0.25, -0.2) is 0 Å². The number of hydrogen-bond donors (Lipinski definition) is 2. The molecule has 0 aliphatic heterocycles. The van der Waals surface area contributed by atoms with E-state index >= 15 is 0 Å². The van der Waals surface area contributed by atoms with Gasteiger partial charge in [0.2, 0.25) is 0 Å². The summed E-state index contributed by atoms with van der Waals surface area (Å²) in [6, 6.07) is 10.3. The minimum atomic E-state index is 0. The van der Waals surface area contributed by atoms with Gasteiger partial charge in [0.25, 0.3) is 0 Å². The number of benzene rings is 1. The van der Waals surface area contributed by atoms with Gasteiger partial charge in [-0.15, -0.1) is 24.0 Å². The van der Waals surface area contributed by atoms with Gasteiger partial charge in [0.05, 0.1) is 19.3 Å². The average molecular weight is 479 g/mol. The van der Waals surface area contributed by atoms with Crippen molar-refractivity contribution in [2.24, 2.45) is 4.99 Å². The van der Waals surface area contributed by atoms with Crippen molar-refractivity contribution in [3.8, 4) is 0 Å². The van der Waals surface area contributed by atoms with Crippen LogP contribution in [0.5, 0.6) is 0 Å². The summed E-state index contributed by atoms with van der Waals surface area (Å²) in [6.45, 7) is 6.45. The minimum absolute atomic E-state index is 0. The molecule has 0 amide bonds. The molecule has 26 heavy (non-hydrogen) atoms. The molecule has 6 nitrogen and oxygen atoms in total. The maximum absolute atomic E-state index is 5.86. The molecule has 0 saturated carbocycles. The molecule has 0 radical (unpaired) electrons. The van der Waals surface area contributed by atoms with E-state index in [0.717, 1.165) is 38.5 Å². The summed E-state index contributed by atoms with van der Waals surface area (Å²) in [5.41, 5.74) is 1.21. The Morgan fingerprint density at radius 1 is 1.00 bits per heavy atom. The summed E-state index contributed by atoms with van der Waals surface area (Å²) >= 11 is 0. The van der Waals surface area contributed by atoms with Crippen LogP contribution in [-0.4, -0.2) is 59.6 Å². The van der Waals surface area contributed by atoms with Crippen LogP contribution in [0.2, 0.25) is 0 Å². The normalized spacial score (nSPS) is 12.3. The number of methoxy groups -OCH3 is 1. The number of rotatable bonds is 13. The SMILES string of the molecule is CN=C(NCCCOCCOC)NCCCOC(C)c1ccccc1.I. The van der Waals surface area contributed by atoms with Crippen molar-refractivity contribution in [1.29, 1.82) is 0 Å². The fourth-order valence-corrected chi connectivity index (χ4v) is 2.21. The molecule has 0 heterocycles. The van der Waals surface area contributed by atoms with Crippen LogP contribution in [0.15, 0.2) is 35.3 Å². The van der Waals surface area contributed by atoms with Crippen molar-refractivity contribution in [3.05, 3.63) is 35.9 Å². The van der Waals surface area contributed by atoms with Crippen molar-refractivity contribution >= 4 is 29.9 Å². The molecule has 1 aromatic carbocycles. The Kier molecular flexibility index (Phi) is 16.9. The van der Waals surface area contributed by atoms with Crippen molar-refractivity contribution in [3.63, 3.8) is 0 Å². The second-order valence-corrected chi connectivity index (χ2v) is 5.66. The fraction of sp³-hybridized carbons (Fsp3) is 0.632. The first-order valence-corrected chi connectivity index (χ1v) is 8.95. The lowest BCUT2D eigenvalue weighted by Gasteiger charge is -2.15. The smallest absolute Gasteiger partial charge is 0.190 e. The van der Waals surface area contributed by atoms with Gasteiger partial charge in [-0.2, -0.15) is 0 Å². The Balaban J connectivity index is 0.00000625. The molecule has 0 saturated heterocycles. The van der Waals surface area contributed by atoms with Crippen LogP contribution in [0.25, 0.3) is 0 Å². The predicted molar refractivity (Wildman–Crippen MR) is 118 cm³/mol. The Morgan fingerprint density at radius 2 is 1.65 bits per heavy atom. The number of guanidine groups is 1. The number of ether oxygens (including phenoxy) is 3. The summed E-state index contributed by atoms with van der Waals surface area (Å²) < 4.78 is 16.2. The van der Waals surface area contributed by atoms with Gasteiger partial charge >= 0.3 is 0 Å². The predicted octanol–water partition coefficient (Wildman–Crippen LogP) is 2.99. The topological polar surface area (TPSA) is 64.1 Å². The fourth-order valence-electron chi connectivity index (χ4n) is 2.21. The maximum Gasteiger partial charge on any atom is 0.190 e. The average Bonchev–Trinajstić information content (AvgIpc) is 2.65. The molecule has 0 aliphatic rings. The zero-order chi connectivity index (χ0) is 18.2. The minimum Gasteiger partial charge on any atom is -0.382 e. The van der Waals surface area contributed by atoms with E-state index in [0.29, 0.717) is 19.8 Å². The summed E-state index contributed by atoms with van der Waals surface area (Å²) in [5.74, 6) is 0.813. The first-order chi connectivity index (χ1) is 12.3. The monoisotopic (exact) mass is 479 g/mol. The van der Waals surface area contributed by atoms with E-state index in [4.69, 9.17) is 14.2 Å². The van der Waals surface area contributed by atoms with E-state index in [-0.39, 0.29) is 30.1 Å². The molecule has 150 valence electrons. The Labute approximate surface area is 175 Å². The largest absolute Gasteiger partial charge is 0.382 e. The third-order valence-electron chi connectivity index (χ3n) is 3.66. The van der Waals surface area contributed by atoms with Gasteiger partial charge in [0.15, 0.2) is 5.96 Å². The van der Waals surface area contributed by atoms with Gasteiger partial charge in [0, 0.05) is 40.5 Å². The Bertz CT molecular complexity index is 461. The summed E-state index contributed by atoms with van der Waals surface area (Å²) in [5, 5.41) is 6.56. The molecule has 0 spiro atoms. The first kappa shape index (κ1) is 25.1. The third kappa shape index (κ3) is 12.5. The molecule has 0 fully saturated rings. The van der Waals surface area contributed by atoms with E-state index < -0.39 is 0 Å². The molecule has 1 rings (SSSR count). The number of nitrogens with one attached hydrogen (secondary N) is 2. The number of halogens is 1. The number of aliphatic imine (C=N–C) groups is 1. The maximum atomic E-state index is 5.86. The number of nitrogens with zero attached hydrogens (tertiary/aromatic N) is 1. The van der Waals surface area contributed by atoms with Crippen molar-refractivity contribution in [1.82, 2.24) is 10.6 Å². The Hall–Kier alpha value is -0.900. The zero-order valence-electron chi connectivity index (χ0n) is 16.2. The van der Waals surface area contributed by atoms with Gasteiger partial charge < -0.3 is 24.8 Å². The summed E-state index contributed by atoms with van der Waals surface area (Å²) in [6.07, 6.45) is 1.98. The molecule has 0 aliphatic carbocycles. The van der Waals surface area contributed by atoms with Crippen LogP contribution in [0.3, 0.4) is 0 Å². The van der Waals surface area contributed by atoms with Crippen LogP contribution in [0.1, 0.15) is 31.4 Å². The lowest BCUT2D eigenvalue weighted by Crippen LogP contribution is -2.38. The molecular weight excluding hydrogens is 445 g/mol. The Morgan fingerprint density at radius 3 is 2.27 bits per heavy atom. The molecule has 1 atom stereocenters. The molecular formula is C19H34IN3O3. The van der Waals surface area contributed by atoms with Crippen LogP contribution in [-0.2, 0) is 14.2 Å². The van der Waals surface area contributed by atoms with Crippen LogP contribution in [0.4, 0.5) is 0 Å². The number of hydrogen-bond acceptors (Lipinski definition) is 4. The third-order valence-corrected chi connectivity index (χ3v) is 3.66. The zero-order valence-corrected chi connectivity index (χ0v) is 18.5. The second kappa shape index (κ2) is 17.5.